The number of amides is 2. The first kappa shape index (κ1) is 25.7. The molecule has 1 spiro atoms. The van der Waals surface area contributed by atoms with E-state index in [0.717, 1.165) is 16.8 Å². The number of esters is 1. The molecular weight excluding hydrogens is 472 g/mol. The Labute approximate surface area is 217 Å². The van der Waals surface area contributed by atoms with E-state index in [4.69, 9.17) is 9.47 Å². The maximum absolute atomic E-state index is 14.5. The molecule has 0 aromatic heterocycles. The molecule has 1 aromatic rings. The van der Waals surface area contributed by atoms with E-state index >= 15 is 0 Å². The minimum Gasteiger partial charge on any atom is -0.465 e. The summed E-state index contributed by atoms with van der Waals surface area (Å²) in [5, 5.41) is 9.38. The molecule has 8 heteroatoms. The molecule has 37 heavy (non-hydrogen) atoms. The van der Waals surface area contributed by atoms with Gasteiger partial charge in [0.25, 0.3) is 5.91 Å². The zero-order valence-corrected chi connectivity index (χ0v) is 21.8. The highest BCUT2D eigenvalue weighted by molar-refractivity contribution is 6.06. The van der Waals surface area contributed by atoms with Gasteiger partial charge >= 0.3 is 5.97 Å². The molecule has 0 aliphatic carbocycles. The van der Waals surface area contributed by atoms with Gasteiger partial charge in [-0.15, -0.1) is 0 Å². The molecule has 1 aromatic carbocycles. The maximum atomic E-state index is 14.5. The van der Waals surface area contributed by atoms with Crippen LogP contribution in [0, 0.1) is 25.7 Å². The van der Waals surface area contributed by atoms with E-state index in [1.165, 1.54) is 0 Å². The Balaban J connectivity index is 1.66. The Morgan fingerprint density at radius 2 is 1.78 bits per heavy atom. The van der Waals surface area contributed by atoms with Gasteiger partial charge in [0.05, 0.1) is 12.5 Å². The van der Waals surface area contributed by atoms with E-state index in [1.54, 1.807) is 9.80 Å². The summed E-state index contributed by atoms with van der Waals surface area (Å²) < 4.78 is 12.5. The quantitative estimate of drug-likeness (QED) is 0.361. The second-order valence-electron chi connectivity index (χ2n) is 10.5. The third-order valence-electron chi connectivity index (χ3n) is 8.42. The second kappa shape index (κ2) is 9.72. The Morgan fingerprint density at radius 1 is 1.03 bits per heavy atom. The van der Waals surface area contributed by atoms with Crippen molar-refractivity contribution in [1.29, 1.82) is 0 Å². The van der Waals surface area contributed by atoms with Gasteiger partial charge in [0.15, 0.2) is 0 Å². The number of aliphatic hydroxyl groups is 1. The lowest BCUT2D eigenvalue weighted by molar-refractivity contribution is -0.160. The Hall–Kier alpha value is -2.97. The molecule has 8 nitrogen and oxygen atoms in total. The third-order valence-corrected chi connectivity index (χ3v) is 8.42. The lowest BCUT2D eigenvalue weighted by Gasteiger charge is -2.39. The molecular formula is C29H36N2O6. The van der Waals surface area contributed by atoms with Gasteiger partial charge in [-0.3, -0.25) is 14.4 Å². The number of carbonyl (C=O) groups excluding carboxylic acids is 3. The fourth-order valence-corrected chi connectivity index (χ4v) is 6.79. The molecule has 2 saturated heterocycles. The summed E-state index contributed by atoms with van der Waals surface area (Å²) in [5.41, 5.74) is 0.430. The van der Waals surface area contributed by atoms with Gasteiger partial charge in [0, 0.05) is 25.4 Å². The van der Waals surface area contributed by atoms with Crippen molar-refractivity contribution in [1.82, 2.24) is 4.90 Å². The van der Waals surface area contributed by atoms with Gasteiger partial charge in [-0.25, -0.2) is 0 Å². The van der Waals surface area contributed by atoms with E-state index < -0.39 is 35.0 Å². The molecule has 4 heterocycles. The lowest BCUT2D eigenvalue weighted by Crippen LogP contribution is -2.56. The highest BCUT2D eigenvalue weighted by Gasteiger charge is 2.75. The summed E-state index contributed by atoms with van der Waals surface area (Å²) in [6.07, 6.45) is 9.71. The van der Waals surface area contributed by atoms with E-state index in [9.17, 15) is 19.5 Å². The SMILES string of the molecule is CC[C@@]12C=CCCOC(=O)[C@@H]1[C@H]1C(=O)N(CCCCO)C3C(=O)N(c4c(C)cccc4C)CC=C[C@@]31O2. The van der Waals surface area contributed by atoms with E-state index in [2.05, 4.69) is 0 Å². The van der Waals surface area contributed by atoms with Crippen LogP contribution in [0.2, 0.25) is 0 Å². The van der Waals surface area contributed by atoms with Crippen LogP contribution in [-0.2, 0) is 23.9 Å². The molecule has 0 bridgehead atoms. The number of ether oxygens (including phenoxy) is 2. The molecule has 2 amide bonds. The predicted octanol–water partition coefficient (Wildman–Crippen LogP) is 2.84. The third kappa shape index (κ3) is 3.84. The zero-order chi connectivity index (χ0) is 26.4. The first-order chi connectivity index (χ1) is 17.8. The van der Waals surface area contributed by atoms with Crippen LogP contribution < -0.4 is 4.90 Å². The summed E-state index contributed by atoms with van der Waals surface area (Å²) in [6.45, 7) is 6.76. The summed E-state index contributed by atoms with van der Waals surface area (Å²) in [7, 11) is 0. The fraction of sp³-hybridized carbons (Fsp3) is 0.552. The summed E-state index contributed by atoms with van der Waals surface area (Å²) in [4.78, 5) is 45.4. The summed E-state index contributed by atoms with van der Waals surface area (Å²) in [5.74, 6) is -2.67. The number of rotatable bonds is 6. The summed E-state index contributed by atoms with van der Waals surface area (Å²) >= 11 is 0. The smallest absolute Gasteiger partial charge is 0.313 e. The van der Waals surface area contributed by atoms with Gasteiger partial charge in [0.2, 0.25) is 5.91 Å². The van der Waals surface area contributed by atoms with Crippen molar-refractivity contribution in [2.24, 2.45) is 11.8 Å². The topological polar surface area (TPSA) is 96.4 Å². The van der Waals surface area contributed by atoms with Gasteiger partial charge in [-0.05, 0) is 50.7 Å². The largest absolute Gasteiger partial charge is 0.465 e. The van der Waals surface area contributed by atoms with Crippen molar-refractivity contribution in [3.05, 3.63) is 53.6 Å². The number of para-hydroxylation sites is 1. The van der Waals surface area contributed by atoms with Gasteiger partial charge in [0.1, 0.15) is 23.2 Å². The maximum Gasteiger partial charge on any atom is 0.313 e. The van der Waals surface area contributed by atoms with Crippen molar-refractivity contribution >= 4 is 23.5 Å². The number of aryl methyl sites for hydroxylation is 2. The summed E-state index contributed by atoms with van der Waals surface area (Å²) in [6, 6.07) is 4.98. The molecule has 2 fully saturated rings. The van der Waals surface area contributed by atoms with Crippen molar-refractivity contribution in [2.75, 3.05) is 31.2 Å². The van der Waals surface area contributed by atoms with Crippen molar-refractivity contribution in [3.63, 3.8) is 0 Å². The number of fused-ring (bicyclic) bond motifs is 2. The fourth-order valence-electron chi connectivity index (χ4n) is 6.79. The normalized spacial score (nSPS) is 33.0. The van der Waals surface area contributed by atoms with Crippen LogP contribution in [0.25, 0.3) is 0 Å². The van der Waals surface area contributed by atoms with Crippen LogP contribution in [-0.4, -0.2) is 71.3 Å². The van der Waals surface area contributed by atoms with Gasteiger partial charge < -0.3 is 24.4 Å². The minimum absolute atomic E-state index is 0.00115. The molecule has 4 aliphatic heterocycles. The Kier molecular flexibility index (Phi) is 6.75. The van der Waals surface area contributed by atoms with E-state index in [-0.39, 0.29) is 25.0 Å². The van der Waals surface area contributed by atoms with Gasteiger partial charge in [-0.2, -0.15) is 0 Å². The van der Waals surface area contributed by atoms with Crippen LogP contribution in [0.5, 0.6) is 0 Å². The average Bonchev–Trinajstić information content (AvgIpc) is 3.21. The predicted molar refractivity (Wildman–Crippen MR) is 138 cm³/mol. The second-order valence-corrected chi connectivity index (χ2v) is 10.5. The molecule has 1 unspecified atom stereocenters. The standard InChI is InChI=1S/C29H36N2O6/c1-4-28-13-5-8-18-36-27(35)22(28)21-25(33)31(15-6-7-17-32)24-26(34)30(16-10-14-29(21,24)37-28)23-19(2)11-9-12-20(23)3/h5,9-14,21-22,24,32H,4,6-8,15-18H2,1-3H3/t21-,22-,24?,28+,29-/m0/s1. The number of carbonyl (C=O) groups is 3. The highest BCUT2D eigenvalue weighted by atomic mass is 16.6. The van der Waals surface area contributed by atoms with E-state index in [0.29, 0.717) is 38.8 Å². The Bertz CT molecular complexity index is 1140. The van der Waals surface area contributed by atoms with Crippen LogP contribution in [0.15, 0.2) is 42.5 Å². The minimum atomic E-state index is -1.30. The number of anilines is 1. The van der Waals surface area contributed by atoms with Crippen molar-refractivity contribution in [3.8, 4) is 0 Å². The number of hydrogen-bond donors (Lipinski definition) is 1. The zero-order valence-electron chi connectivity index (χ0n) is 21.8. The molecule has 0 saturated carbocycles. The van der Waals surface area contributed by atoms with Crippen LogP contribution in [0.1, 0.15) is 43.7 Å². The number of unbranched alkanes of at least 4 members (excludes halogenated alkanes) is 1. The first-order valence-electron chi connectivity index (χ1n) is 13.3. The number of nitrogens with zero attached hydrogens (tertiary/aromatic N) is 2. The highest BCUT2D eigenvalue weighted by Crippen LogP contribution is 2.58. The monoisotopic (exact) mass is 508 g/mol. The number of benzene rings is 1. The lowest BCUT2D eigenvalue weighted by atomic mass is 9.73. The van der Waals surface area contributed by atoms with Gasteiger partial charge in [-0.1, -0.05) is 49.4 Å². The number of cyclic esters (lactones) is 1. The van der Waals surface area contributed by atoms with Crippen LogP contribution >= 0.6 is 0 Å². The van der Waals surface area contributed by atoms with Crippen molar-refractivity contribution in [2.45, 2.75) is 63.7 Å². The first-order valence-corrected chi connectivity index (χ1v) is 13.3. The molecule has 1 N–H and O–H groups in total. The number of likely N-dealkylation sites (tertiary alicyclic amines) is 1. The number of aliphatic hydroxyl groups excluding tert-OH is 1. The van der Waals surface area contributed by atoms with Crippen LogP contribution in [0.4, 0.5) is 5.69 Å². The van der Waals surface area contributed by atoms with E-state index in [1.807, 2.05) is 63.3 Å². The molecule has 5 atom stereocenters. The average molecular weight is 509 g/mol. The van der Waals surface area contributed by atoms with Crippen molar-refractivity contribution < 1.29 is 29.0 Å². The number of hydrogen-bond acceptors (Lipinski definition) is 6. The molecule has 0 radical (unpaired) electrons. The molecule has 198 valence electrons. The Morgan fingerprint density at radius 3 is 2.49 bits per heavy atom. The van der Waals surface area contributed by atoms with Crippen LogP contribution in [0.3, 0.4) is 0 Å². The molecule has 4 aliphatic rings. The molecule has 5 rings (SSSR count).